The fraction of sp³-hybridized carbons (Fsp3) is 0.172. The van der Waals surface area contributed by atoms with Gasteiger partial charge in [0.25, 0.3) is 17.2 Å². The van der Waals surface area contributed by atoms with Gasteiger partial charge in [-0.25, -0.2) is 9.58 Å². The van der Waals surface area contributed by atoms with Gasteiger partial charge in [-0.05, 0) is 64.4 Å². The Morgan fingerprint density at radius 2 is 1.47 bits per heavy atom. The lowest BCUT2D eigenvalue weighted by Crippen LogP contribution is -2.39. The first kappa shape index (κ1) is 23.2. The van der Waals surface area contributed by atoms with Crippen LogP contribution in [-0.2, 0) is 9.59 Å². The maximum atomic E-state index is 13.9. The van der Waals surface area contributed by atoms with E-state index >= 15 is 0 Å². The summed E-state index contributed by atoms with van der Waals surface area (Å²) in [5.74, 6) is -1.01. The number of pyridine rings is 1. The second-order valence-electron chi connectivity index (χ2n) is 9.34. The SMILES string of the molecule is Cc1ccc(N2C(=O)C(c3c(C)[nH]n(-c4ccc(C)cc4C)c3=O)=C([n+]3cccc(C)c3)C2=O)cc1. The molecule has 3 heterocycles. The second-order valence-corrected chi connectivity index (χ2v) is 9.34. The van der Waals surface area contributed by atoms with Crippen molar-refractivity contribution in [1.82, 2.24) is 9.78 Å². The number of carbonyl (C=O) groups is 2. The molecule has 0 atom stereocenters. The quantitative estimate of drug-likeness (QED) is 0.356. The zero-order valence-electron chi connectivity index (χ0n) is 20.9. The van der Waals surface area contributed by atoms with E-state index in [0.29, 0.717) is 17.1 Å². The van der Waals surface area contributed by atoms with Crippen LogP contribution in [-0.4, -0.2) is 21.6 Å². The van der Waals surface area contributed by atoms with E-state index in [1.165, 1.54) is 4.68 Å². The molecule has 180 valence electrons. The number of hydrogen-bond donors (Lipinski definition) is 1. The number of benzene rings is 2. The van der Waals surface area contributed by atoms with Crippen LogP contribution in [0.25, 0.3) is 17.0 Å². The Morgan fingerprint density at radius 3 is 2.14 bits per heavy atom. The van der Waals surface area contributed by atoms with Crippen LogP contribution in [0.4, 0.5) is 5.69 Å². The summed E-state index contributed by atoms with van der Waals surface area (Å²) in [7, 11) is 0. The monoisotopic (exact) mass is 479 g/mol. The van der Waals surface area contributed by atoms with E-state index in [4.69, 9.17) is 0 Å². The van der Waals surface area contributed by atoms with Gasteiger partial charge in [0.2, 0.25) is 0 Å². The molecule has 1 aliphatic heterocycles. The molecule has 1 N–H and O–H groups in total. The van der Waals surface area contributed by atoms with E-state index in [-0.39, 0.29) is 22.4 Å². The van der Waals surface area contributed by atoms with Gasteiger partial charge in [0.15, 0.2) is 12.4 Å². The third kappa shape index (κ3) is 3.69. The van der Waals surface area contributed by atoms with Crippen molar-refractivity contribution in [2.75, 3.05) is 4.90 Å². The molecular formula is C29H27N4O3+. The molecule has 2 aromatic carbocycles. The van der Waals surface area contributed by atoms with E-state index in [1.807, 2.05) is 70.2 Å². The summed E-state index contributed by atoms with van der Waals surface area (Å²) in [6, 6.07) is 16.7. The summed E-state index contributed by atoms with van der Waals surface area (Å²) in [6.45, 7) is 9.51. The van der Waals surface area contributed by atoms with Crippen LogP contribution in [0.2, 0.25) is 0 Å². The number of imide groups is 1. The number of aromatic amines is 1. The van der Waals surface area contributed by atoms with Crippen LogP contribution in [0.5, 0.6) is 0 Å². The molecule has 1 aliphatic rings. The first-order valence-corrected chi connectivity index (χ1v) is 11.7. The molecule has 5 rings (SSSR count). The second kappa shape index (κ2) is 8.61. The molecular weight excluding hydrogens is 452 g/mol. The lowest BCUT2D eigenvalue weighted by molar-refractivity contribution is -0.577. The minimum absolute atomic E-state index is 0.0819. The predicted octanol–water partition coefficient (Wildman–Crippen LogP) is 3.94. The fourth-order valence-electron chi connectivity index (χ4n) is 4.71. The molecule has 4 aromatic rings. The standard InChI is InChI=1S/C29H26N4O3/c1-17-8-11-22(12-9-17)32-27(34)25(26(29(32)36)31-14-6-7-19(3)16-31)24-21(5)30-33(28(24)35)23-13-10-18(2)15-20(23)4/h6-16H,1-5H3/p+1. The molecule has 36 heavy (non-hydrogen) atoms. The van der Waals surface area contributed by atoms with E-state index < -0.39 is 11.8 Å². The summed E-state index contributed by atoms with van der Waals surface area (Å²) < 4.78 is 3.07. The van der Waals surface area contributed by atoms with Crippen molar-refractivity contribution in [3.8, 4) is 5.69 Å². The molecule has 0 aliphatic carbocycles. The first-order chi connectivity index (χ1) is 17.2. The summed E-state index contributed by atoms with van der Waals surface area (Å²) in [4.78, 5) is 42.6. The van der Waals surface area contributed by atoms with Crippen molar-refractivity contribution in [2.24, 2.45) is 0 Å². The van der Waals surface area contributed by atoms with Crippen molar-refractivity contribution >= 4 is 28.8 Å². The molecule has 2 aromatic heterocycles. The first-order valence-electron chi connectivity index (χ1n) is 11.7. The molecule has 0 spiro atoms. The van der Waals surface area contributed by atoms with Crippen molar-refractivity contribution in [1.29, 1.82) is 0 Å². The number of aromatic nitrogens is 3. The van der Waals surface area contributed by atoms with Crippen molar-refractivity contribution in [3.05, 3.63) is 111 Å². The number of aryl methyl sites for hydroxylation is 5. The lowest BCUT2D eigenvalue weighted by Gasteiger charge is -2.14. The van der Waals surface area contributed by atoms with Gasteiger partial charge in [-0.3, -0.25) is 19.5 Å². The van der Waals surface area contributed by atoms with Crippen molar-refractivity contribution in [2.45, 2.75) is 34.6 Å². The number of nitrogens with one attached hydrogen (secondary N) is 1. The molecule has 0 bridgehead atoms. The lowest BCUT2D eigenvalue weighted by atomic mass is 10.1. The van der Waals surface area contributed by atoms with Crippen LogP contribution in [0.3, 0.4) is 0 Å². The van der Waals surface area contributed by atoms with Gasteiger partial charge in [0, 0.05) is 17.3 Å². The molecule has 0 saturated heterocycles. The largest absolute Gasteiger partial charge is 0.331 e. The Kier molecular flexibility index (Phi) is 5.55. The number of nitrogens with zero attached hydrogens (tertiary/aromatic N) is 3. The number of rotatable bonds is 4. The average molecular weight is 480 g/mol. The zero-order valence-corrected chi connectivity index (χ0v) is 20.9. The number of amides is 2. The van der Waals surface area contributed by atoms with E-state index in [9.17, 15) is 14.4 Å². The topological polar surface area (TPSA) is 79.1 Å². The third-order valence-corrected chi connectivity index (χ3v) is 6.47. The van der Waals surface area contributed by atoms with Crippen LogP contribution in [0.1, 0.15) is 33.5 Å². The Bertz CT molecular complexity index is 1640. The number of carbonyl (C=O) groups excluding carboxylic acids is 2. The molecule has 7 nitrogen and oxygen atoms in total. The molecule has 0 saturated carbocycles. The van der Waals surface area contributed by atoms with Gasteiger partial charge >= 0.3 is 5.91 Å². The Balaban J connectivity index is 1.76. The maximum Gasteiger partial charge on any atom is 0.331 e. The fourth-order valence-corrected chi connectivity index (χ4v) is 4.71. The Hall–Kier alpha value is -4.52. The van der Waals surface area contributed by atoms with Crippen LogP contribution in [0, 0.1) is 34.6 Å². The van der Waals surface area contributed by atoms with Gasteiger partial charge < -0.3 is 0 Å². The maximum absolute atomic E-state index is 13.9. The highest BCUT2D eigenvalue weighted by Crippen LogP contribution is 2.33. The van der Waals surface area contributed by atoms with Crippen molar-refractivity contribution in [3.63, 3.8) is 0 Å². The number of H-pyrrole nitrogens is 1. The molecule has 7 heteroatoms. The summed E-state index contributed by atoms with van der Waals surface area (Å²) in [5, 5.41) is 3.13. The zero-order chi connectivity index (χ0) is 25.7. The minimum Gasteiger partial charge on any atom is -0.295 e. The molecule has 2 amide bonds. The minimum atomic E-state index is -0.528. The van der Waals surface area contributed by atoms with E-state index in [1.54, 1.807) is 36.0 Å². The Labute approximate surface area is 208 Å². The van der Waals surface area contributed by atoms with Crippen LogP contribution in [0.15, 0.2) is 71.8 Å². The average Bonchev–Trinajstić information content (AvgIpc) is 3.25. The summed E-state index contributed by atoms with van der Waals surface area (Å²) in [6.07, 6.45) is 3.50. The molecule has 0 fully saturated rings. The predicted molar refractivity (Wildman–Crippen MR) is 139 cm³/mol. The van der Waals surface area contributed by atoms with Gasteiger partial charge in [0.1, 0.15) is 5.57 Å². The third-order valence-electron chi connectivity index (χ3n) is 6.47. The van der Waals surface area contributed by atoms with Crippen LogP contribution >= 0.6 is 0 Å². The normalized spacial score (nSPS) is 13.8. The highest BCUT2D eigenvalue weighted by atomic mass is 16.2. The van der Waals surface area contributed by atoms with Gasteiger partial charge in [-0.2, -0.15) is 4.57 Å². The van der Waals surface area contributed by atoms with Crippen molar-refractivity contribution < 1.29 is 14.2 Å². The van der Waals surface area contributed by atoms with Crippen LogP contribution < -0.4 is 15.0 Å². The summed E-state index contributed by atoms with van der Waals surface area (Å²) >= 11 is 0. The number of anilines is 1. The molecule has 0 radical (unpaired) electrons. The summed E-state index contributed by atoms with van der Waals surface area (Å²) in [5.41, 5.74) is 5.62. The van der Waals surface area contributed by atoms with E-state index in [2.05, 4.69) is 5.10 Å². The van der Waals surface area contributed by atoms with Gasteiger partial charge in [-0.15, -0.1) is 0 Å². The smallest absolute Gasteiger partial charge is 0.295 e. The van der Waals surface area contributed by atoms with E-state index in [0.717, 1.165) is 27.2 Å². The highest BCUT2D eigenvalue weighted by molar-refractivity contribution is 6.53. The molecule has 0 unspecified atom stereocenters. The number of hydrogen-bond acceptors (Lipinski definition) is 3. The Morgan fingerprint density at radius 1 is 0.778 bits per heavy atom. The van der Waals surface area contributed by atoms with Gasteiger partial charge in [-0.1, -0.05) is 35.4 Å². The van der Waals surface area contributed by atoms with Gasteiger partial charge in [0.05, 0.1) is 16.9 Å². The highest BCUT2D eigenvalue weighted by Gasteiger charge is 2.48.